The monoisotopic (exact) mass is 397 g/mol. The lowest BCUT2D eigenvalue weighted by Gasteiger charge is -2.01. The Morgan fingerprint density at radius 1 is 0.586 bits per heavy atom. The van der Waals surface area contributed by atoms with Crippen LogP contribution in [0.15, 0.2) is 102 Å². The van der Waals surface area contributed by atoms with Gasteiger partial charge in [0.1, 0.15) is 0 Å². The highest BCUT2D eigenvalue weighted by molar-refractivity contribution is 6.50. The highest BCUT2D eigenvalue weighted by Crippen LogP contribution is 2.31. The smallest absolute Gasteiger partial charge is 0.418 e. The highest BCUT2D eigenvalue weighted by atomic mass is 19.5. The van der Waals surface area contributed by atoms with Gasteiger partial charge in [-0.3, -0.25) is 0 Å². The van der Waals surface area contributed by atoms with Gasteiger partial charge in [0.25, 0.3) is 0 Å². The fourth-order valence-electron chi connectivity index (χ4n) is 2.68. The molecule has 2 nitrogen and oxygen atoms in total. The Morgan fingerprint density at radius 2 is 1.10 bits per heavy atom. The summed E-state index contributed by atoms with van der Waals surface area (Å²) in [6.07, 6.45) is 1.78. The fourth-order valence-corrected chi connectivity index (χ4v) is 2.68. The molecule has 2 heterocycles. The minimum Gasteiger partial charge on any atom is -0.418 e. The van der Waals surface area contributed by atoms with Crippen molar-refractivity contribution in [2.45, 2.75) is 0 Å². The van der Waals surface area contributed by atoms with E-state index in [2.05, 4.69) is 35.3 Å². The van der Waals surface area contributed by atoms with Crippen molar-refractivity contribution in [2.75, 3.05) is 0 Å². The van der Waals surface area contributed by atoms with E-state index >= 15 is 0 Å². The van der Waals surface area contributed by atoms with Crippen molar-refractivity contribution in [3.63, 3.8) is 0 Å². The zero-order valence-corrected chi connectivity index (χ0v) is 15.2. The van der Waals surface area contributed by atoms with Gasteiger partial charge in [-0.25, -0.2) is 9.40 Å². The minimum atomic E-state index is -6.00. The Labute approximate surface area is 165 Å². The summed E-state index contributed by atoms with van der Waals surface area (Å²) in [5.41, 5.74) is 4.14. The average molecular weight is 397 g/mol. The van der Waals surface area contributed by atoms with E-state index in [1.54, 1.807) is 6.20 Å². The lowest BCUT2D eigenvalue weighted by molar-refractivity contribution is 0.368. The molecular formula is C22H16BF4NO. The summed E-state index contributed by atoms with van der Waals surface area (Å²) in [4.78, 5) is 4.42. The molecule has 0 N–H and O–H groups in total. The lowest BCUT2D eigenvalue weighted by atomic mass is 10.0. The SMILES string of the molecule is F[B-](F)(F)F.c1ccc(-c2cc(-c3ccccc3)[o+]c(-c3ccccn3)c2)cc1. The summed E-state index contributed by atoms with van der Waals surface area (Å²) in [6, 6.07) is 30.4. The Balaban J connectivity index is 0.000000431. The van der Waals surface area contributed by atoms with Gasteiger partial charge in [-0.2, -0.15) is 0 Å². The molecule has 0 saturated carbocycles. The Morgan fingerprint density at radius 3 is 1.66 bits per heavy atom. The van der Waals surface area contributed by atoms with Gasteiger partial charge in [-0.05, 0) is 29.8 Å². The van der Waals surface area contributed by atoms with Gasteiger partial charge in [0, 0.05) is 11.8 Å². The van der Waals surface area contributed by atoms with E-state index in [-0.39, 0.29) is 0 Å². The molecule has 4 rings (SSSR count). The summed E-state index contributed by atoms with van der Waals surface area (Å²) in [5, 5.41) is 0. The van der Waals surface area contributed by atoms with E-state index < -0.39 is 7.25 Å². The molecule has 0 unspecified atom stereocenters. The molecule has 0 aliphatic heterocycles. The van der Waals surface area contributed by atoms with Gasteiger partial charge in [-0.1, -0.05) is 54.6 Å². The topological polar surface area (TPSA) is 24.2 Å². The molecule has 0 amide bonds. The third kappa shape index (κ3) is 6.28. The molecule has 4 aromatic rings. The highest BCUT2D eigenvalue weighted by Gasteiger charge is 2.21. The van der Waals surface area contributed by atoms with Gasteiger partial charge in [-0.15, -0.1) is 0 Å². The van der Waals surface area contributed by atoms with Crippen LogP contribution in [0.5, 0.6) is 0 Å². The number of pyridine rings is 1. The number of benzene rings is 2. The molecule has 2 aromatic carbocycles. The summed E-state index contributed by atoms with van der Waals surface area (Å²) in [7, 11) is -6.00. The molecule has 0 fully saturated rings. The van der Waals surface area contributed by atoms with Crippen LogP contribution in [0.2, 0.25) is 0 Å². The predicted molar refractivity (Wildman–Crippen MR) is 107 cm³/mol. The van der Waals surface area contributed by atoms with E-state index in [0.29, 0.717) is 0 Å². The van der Waals surface area contributed by atoms with E-state index in [4.69, 9.17) is 4.42 Å². The van der Waals surface area contributed by atoms with Crippen LogP contribution in [0.3, 0.4) is 0 Å². The molecule has 0 bridgehead atoms. The van der Waals surface area contributed by atoms with Gasteiger partial charge in [0.15, 0.2) is 5.69 Å². The van der Waals surface area contributed by atoms with Crippen LogP contribution < -0.4 is 0 Å². The first-order valence-corrected chi connectivity index (χ1v) is 8.78. The maximum atomic E-state index is 9.75. The molecule has 2 aromatic heterocycles. The molecular weight excluding hydrogens is 381 g/mol. The van der Waals surface area contributed by atoms with Crippen LogP contribution >= 0.6 is 0 Å². The zero-order valence-electron chi connectivity index (χ0n) is 15.2. The lowest BCUT2D eigenvalue weighted by Crippen LogP contribution is -2.02. The first-order valence-electron chi connectivity index (χ1n) is 8.78. The average Bonchev–Trinajstić information content (AvgIpc) is 2.74. The van der Waals surface area contributed by atoms with Crippen LogP contribution in [-0.4, -0.2) is 12.2 Å². The maximum Gasteiger partial charge on any atom is 0.673 e. The zero-order chi connectivity index (χ0) is 20.7. The number of aromatic nitrogens is 1. The van der Waals surface area contributed by atoms with Crippen molar-refractivity contribution >= 4 is 7.25 Å². The van der Waals surface area contributed by atoms with Crippen LogP contribution in [0.25, 0.3) is 33.9 Å². The number of rotatable bonds is 3. The third-order valence-corrected chi connectivity index (χ3v) is 3.88. The van der Waals surface area contributed by atoms with Crippen molar-refractivity contribution in [3.8, 4) is 33.9 Å². The van der Waals surface area contributed by atoms with Crippen LogP contribution in [0, 0.1) is 0 Å². The molecule has 0 radical (unpaired) electrons. The second-order valence-electron chi connectivity index (χ2n) is 6.02. The van der Waals surface area contributed by atoms with Crippen LogP contribution in [0.4, 0.5) is 17.3 Å². The molecule has 146 valence electrons. The number of hydrogen-bond donors (Lipinski definition) is 0. The van der Waals surface area contributed by atoms with E-state index in [9.17, 15) is 17.3 Å². The standard InChI is InChI=1S/C22H16NO.BF4/c1-3-9-17(10-4-1)19-15-21(18-11-5-2-6-12-18)24-22(16-19)20-13-7-8-14-23-20;2-1(3,4)5/h1-16H;/q+1;-1. The van der Waals surface area contributed by atoms with Crippen molar-refractivity contribution in [2.24, 2.45) is 0 Å². The van der Waals surface area contributed by atoms with Crippen LogP contribution in [-0.2, 0) is 0 Å². The van der Waals surface area contributed by atoms with Gasteiger partial charge in [0.2, 0.25) is 0 Å². The normalized spacial score (nSPS) is 10.8. The molecule has 0 aliphatic carbocycles. The molecule has 0 atom stereocenters. The summed E-state index contributed by atoms with van der Waals surface area (Å²) >= 11 is 0. The first kappa shape index (κ1) is 20.3. The predicted octanol–water partition coefficient (Wildman–Crippen LogP) is 7.26. The quantitative estimate of drug-likeness (QED) is 0.206. The summed E-state index contributed by atoms with van der Waals surface area (Å²) in [5.74, 6) is 1.59. The van der Waals surface area contributed by atoms with Gasteiger partial charge in [0.05, 0.1) is 17.7 Å². The summed E-state index contributed by atoms with van der Waals surface area (Å²) < 4.78 is 45.1. The van der Waals surface area contributed by atoms with Crippen LogP contribution in [0.1, 0.15) is 0 Å². The van der Waals surface area contributed by atoms with Crippen molar-refractivity contribution in [3.05, 3.63) is 97.2 Å². The van der Waals surface area contributed by atoms with Crippen molar-refractivity contribution < 1.29 is 21.7 Å². The van der Waals surface area contributed by atoms with Gasteiger partial charge >= 0.3 is 18.8 Å². The Kier molecular flexibility index (Phi) is 6.39. The number of nitrogens with zero attached hydrogens (tertiary/aromatic N) is 1. The summed E-state index contributed by atoms with van der Waals surface area (Å²) in [6.45, 7) is 0. The van der Waals surface area contributed by atoms with E-state index in [1.165, 1.54) is 0 Å². The largest absolute Gasteiger partial charge is 0.673 e. The second-order valence-corrected chi connectivity index (χ2v) is 6.02. The Bertz CT molecular complexity index is 897. The number of hydrogen-bond acceptors (Lipinski definition) is 1. The third-order valence-electron chi connectivity index (χ3n) is 3.88. The Hall–Kier alpha value is -3.48. The van der Waals surface area contributed by atoms with Gasteiger partial charge < -0.3 is 17.3 Å². The number of halogens is 4. The maximum absolute atomic E-state index is 9.75. The molecule has 0 aliphatic rings. The second kappa shape index (κ2) is 9.14. The molecule has 29 heavy (non-hydrogen) atoms. The fraction of sp³-hybridized carbons (Fsp3) is 0. The van der Waals surface area contributed by atoms with Crippen molar-refractivity contribution in [1.82, 2.24) is 4.98 Å². The molecule has 7 heteroatoms. The minimum absolute atomic E-state index is 0.760. The van der Waals surface area contributed by atoms with E-state index in [0.717, 1.165) is 33.9 Å². The molecule has 0 saturated heterocycles. The van der Waals surface area contributed by atoms with Crippen molar-refractivity contribution in [1.29, 1.82) is 0 Å². The molecule has 0 spiro atoms. The van der Waals surface area contributed by atoms with E-state index in [1.807, 2.05) is 60.7 Å². The first-order chi connectivity index (χ1) is 13.9.